The van der Waals surface area contributed by atoms with Gasteiger partial charge in [-0.2, -0.15) is 0 Å². The van der Waals surface area contributed by atoms with Gasteiger partial charge in [-0.1, -0.05) is 43.2 Å². The van der Waals surface area contributed by atoms with Gasteiger partial charge < -0.3 is 10.2 Å². The van der Waals surface area contributed by atoms with Crippen molar-refractivity contribution in [2.45, 2.75) is 44.2 Å². The van der Waals surface area contributed by atoms with Gasteiger partial charge in [-0.05, 0) is 49.4 Å². The third kappa shape index (κ3) is 3.46. The van der Waals surface area contributed by atoms with Gasteiger partial charge in [-0.25, -0.2) is 4.39 Å². The van der Waals surface area contributed by atoms with Gasteiger partial charge in [0.1, 0.15) is 11.9 Å². The smallest absolute Gasteiger partial charge is 0.254 e. The number of halogens is 1. The third-order valence-electron chi connectivity index (χ3n) is 5.78. The lowest BCUT2D eigenvalue weighted by Crippen LogP contribution is -2.47. The van der Waals surface area contributed by atoms with Crippen LogP contribution in [0.2, 0.25) is 0 Å². The van der Waals surface area contributed by atoms with Crippen molar-refractivity contribution in [3.05, 3.63) is 66.0 Å². The van der Waals surface area contributed by atoms with E-state index in [1.807, 2.05) is 18.2 Å². The van der Waals surface area contributed by atoms with Gasteiger partial charge in [-0.3, -0.25) is 9.59 Å². The molecule has 0 radical (unpaired) electrons. The summed E-state index contributed by atoms with van der Waals surface area (Å²) in [6, 6.07) is 14.7. The van der Waals surface area contributed by atoms with Crippen molar-refractivity contribution >= 4 is 17.5 Å². The van der Waals surface area contributed by atoms with Crippen molar-refractivity contribution < 1.29 is 14.0 Å². The summed E-state index contributed by atoms with van der Waals surface area (Å²) in [4.78, 5) is 28.0. The first-order valence-electron chi connectivity index (χ1n) is 9.58. The molecule has 2 aromatic carbocycles. The standard InChI is InChI=1S/C22H23FN2O2/c23-17-11-5-6-12-18(17)24-21(26)20-14-16-10-4-7-13-19(16)25(20)22(27)15-8-2-1-3-9-15/h1-3,5-6,8-9,11-12,16,19-20H,4,7,10,13-14H2,(H,24,26). The number of hydrogen-bond acceptors (Lipinski definition) is 2. The Balaban J connectivity index is 1.62. The molecule has 1 saturated heterocycles. The monoisotopic (exact) mass is 366 g/mol. The molecule has 1 heterocycles. The van der Waals surface area contributed by atoms with Crippen LogP contribution in [0.4, 0.5) is 10.1 Å². The normalized spacial score (nSPS) is 24.3. The molecule has 2 fully saturated rings. The second kappa shape index (κ2) is 7.51. The van der Waals surface area contributed by atoms with Crippen LogP contribution in [0.5, 0.6) is 0 Å². The van der Waals surface area contributed by atoms with Crippen molar-refractivity contribution in [2.75, 3.05) is 5.32 Å². The van der Waals surface area contributed by atoms with Crippen LogP contribution in [-0.4, -0.2) is 28.8 Å². The van der Waals surface area contributed by atoms with Gasteiger partial charge in [0.15, 0.2) is 0 Å². The largest absolute Gasteiger partial charge is 0.323 e. The highest BCUT2D eigenvalue weighted by atomic mass is 19.1. The fraction of sp³-hybridized carbons (Fsp3) is 0.364. The molecule has 4 nitrogen and oxygen atoms in total. The first kappa shape index (κ1) is 17.7. The molecule has 1 N–H and O–H groups in total. The minimum Gasteiger partial charge on any atom is -0.323 e. The van der Waals surface area contributed by atoms with Crippen molar-refractivity contribution in [2.24, 2.45) is 5.92 Å². The minimum atomic E-state index is -0.564. The quantitative estimate of drug-likeness (QED) is 0.883. The van der Waals surface area contributed by atoms with E-state index in [1.54, 1.807) is 35.2 Å². The number of nitrogens with one attached hydrogen (secondary N) is 1. The summed E-state index contributed by atoms with van der Waals surface area (Å²) in [5.41, 5.74) is 0.747. The molecular weight excluding hydrogens is 343 g/mol. The molecule has 0 spiro atoms. The van der Waals surface area contributed by atoms with Crippen LogP contribution in [0, 0.1) is 11.7 Å². The summed E-state index contributed by atoms with van der Waals surface area (Å²) in [5.74, 6) is -0.553. The van der Waals surface area contributed by atoms with Crippen LogP contribution >= 0.6 is 0 Å². The van der Waals surface area contributed by atoms with E-state index >= 15 is 0 Å². The number of carbonyl (C=O) groups is 2. The Morgan fingerprint density at radius 1 is 0.963 bits per heavy atom. The Morgan fingerprint density at radius 2 is 1.67 bits per heavy atom. The molecule has 3 unspecified atom stereocenters. The van der Waals surface area contributed by atoms with Crippen LogP contribution in [0.15, 0.2) is 54.6 Å². The number of rotatable bonds is 3. The first-order valence-corrected chi connectivity index (χ1v) is 9.58. The van der Waals surface area contributed by atoms with E-state index in [2.05, 4.69) is 5.32 Å². The Bertz CT molecular complexity index is 839. The lowest BCUT2D eigenvalue weighted by molar-refractivity contribution is -0.120. The van der Waals surface area contributed by atoms with Gasteiger partial charge in [0.05, 0.1) is 5.69 Å². The van der Waals surface area contributed by atoms with E-state index in [-0.39, 0.29) is 23.5 Å². The molecule has 1 saturated carbocycles. The lowest BCUT2D eigenvalue weighted by Gasteiger charge is -2.33. The summed E-state index contributed by atoms with van der Waals surface area (Å²) in [7, 11) is 0. The summed E-state index contributed by atoms with van der Waals surface area (Å²) in [5, 5.41) is 2.69. The molecule has 3 atom stereocenters. The zero-order valence-electron chi connectivity index (χ0n) is 15.1. The van der Waals surface area contributed by atoms with Crippen molar-refractivity contribution in [1.82, 2.24) is 4.90 Å². The van der Waals surface area contributed by atoms with Crippen LogP contribution in [0.3, 0.4) is 0 Å². The molecule has 5 heteroatoms. The second-order valence-corrected chi connectivity index (χ2v) is 7.41. The van der Waals surface area contributed by atoms with Gasteiger partial charge in [0.25, 0.3) is 5.91 Å². The number of para-hydroxylation sites is 1. The molecule has 4 rings (SSSR count). The number of anilines is 1. The predicted octanol–water partition coefficient (Wildman–Crippen LogP) is 4.24. The summed E-state index contributed by atoms with van der Waals surface area (Å²) >= 11 is 0. The maximum Gasteiger partial charge on any atom is 0.254 e. The fourth-order valence-corrected chi connectivity index (χ4v) is 4.49. The van der Waals surface area contributed by atoms with E-state index in [4.69, 9.17) is 0 Å². The first-order chi connectivity index (χ1) is 13.1. The number of fused-ring (bicyclic) bond motifs is 1. The number of amides is 2. The highest BCUT2D eigenvalue weighted by Gasteiger charge is 2.47. The SMILES string of the molecule is O=C(Nc1ccccc1F)C1CC2CCCCC2N1C(=O)c1ccccc1. The minimum absolute atomic E-state index is 0.0860. The molecule has 0 aromatic heterocycles. The number of benzene rings is 2. The summed E-state index contributed by atoms with van der Waals surface area (Å²) < 4.78 is 14.0. The maximum absolute atomic E-state index is 14.0. The molecule has 2 amide bonds. The average molecular weight is 366 g/mol. The average Bonchev–Trinajstić information content (AvgIpc) is 3.09. The maximum atomic E-state index is 14.0. The van der Waals surface area contributed by atoms with E-state index < -0.39 is 11.9 Å². The topological polar surface area (TPSA) is 49.4 Å². The zero-order valence-corrected chi connectivity index (χ0v) is 15.1. The van der Waals surface area contributed by atoms with E-state index in [0.717, 1.165) is 25.7 Å². The third-order valence-corrected chi connectivity index (χ3v) is 5.78. The Labute approximate surface area is 158 Å². The lowest BCUT2D eigenvalue weighted by atomic mass is 9.84. The molecule has 27 heavy (non-hydrogen) atoms. The molecule has 0 bridgehead atoms. The zero-order chi connectivity index (χ0) is 18.8. The fourth-order valence-electron chi connectivity index (χ4n) is 4.49. The van der Waals surface area contributed by atoms with Crippen molar-refractivity contribution in [3.63, 3.8) is 0 Å². The summed E-state index contributed by atoms with van der Waals surface area (Å²) in [6.07, 6.45) is 4.81. The number of nitrogens with zero attached hydrogens (tertiary/aromatic N) is 1. The van der Waals surface area contributed by atoms with Gasteiger partial charge in [-0.15, -0.1) is 0 Å². The van der Waals surface area contributed by atoms with Crippen LogP contribution in [-0.2, 0) is 4.79 Å². The van der Waals surface area contributed by atoms with Crippen LogP contribution in [0.1, 0.15) is 42.5 Å². The Morgan fingerprint density at radius 3 is 2.44 bits per heavy atom. The molecular formula is C22H23FN2O2. The molecule has 2 aliphatic rings. The Hall–Kier alpha value is -2.69. The molecule has 1 aliphatic heterocycles. The van der Waals surface area contributed by atoms with E-state index in [9.17, 15) is 14.0 Å². The van der Waals surface area contributed by atoms with E-state index in [1.165, 1.54) is 6.07 Å². The van der Waals surface area contributed by atoms with Gasteiger partial charge >= 0.3 is 0 Å². The van der Waals surface area contributed by atoms with Gasteiger partial charge in [0.2, 0.25) is 5.91 Å². The number of carbonyl (C=O) groups excluding carboxylic acids is 2. The number of hydrogen-bond donors (Lipinski definition) is 1. The Kier molecular flexibility index (Phi) is 4.92. The molecule has 2 aromatic rings. The van der Waals surface area contributed by atoms with Crippen molar-refractivity contribution in [3.8, 4) is 0 Å². The van der Waals surface area contributed by atoms with Crippen LogP contribution in [0.25, 0.3) is 0 Å². The van der Waals surface area contributed by atoms with E-state index in [0.29, 0.717) is 17.9 Å². The highest BCUT2D eigenvalue weighted by molar-refractivity contribution is 6.01. The highest BCUT2D eigenvalue weighted by Crippen LogP contribution is 2.40. The molecule has 140 valence electrons. The predicted molar refractivity (Wildman–Crippen MR) is 102 cm³/mol. The van der Waals surface area contributed by atoms with Gasteiger partial charge in [0, 0.05) is 11.6 Å². The van der Waals surface area contributed by atoms with Crippen molar-refractivity contribution in [1.29, 1.82) is 0 Å². The second-order valence-electron chi connectivity index (χ2n) is 7.41. The van der Waals surface area contributed by atoms with Crippen LogP contribution < -0.4 is 5.32 Å². The summed E-state index contributed by atoms with van der Waals surface area (Å²) in [6.45, 7) is 0. The number of likely N-dealkylation sites (tertiary alicyclic amines) is 1. The molecule has 1 aliphatic carbocycles.